The fourth-order valence-corrected chi connectivity index (χ4v) is 2.53. The molecule has 1 aliphatic carbocycles. The fourth-order valence-electron chi connectivity index (χ4n) is 2.53. The summed E-state index contributed by atoms with van der Waals surface area (Å²) in [5.74, 6) is 5.73. The lowest BCUT2D eigenvalue weighted by Crippen LogP contribution is -2.28. The topological polar surface area (TPSA) is 80.0 Å². The third kappa shape index (κ3) is 2.87. The Bertz CT molecular complexity index is 657. The normalized spacial score (nSPS) is 19.9. The van der Waals surface area contributed by atoms with Crippen LogP contribution < -0.4 is 16.6 Å². The fraction of sp³-hybridized carbons (Fsp3) is 0.250. The SMILES string of the molecule is Cc1cc(NN)c(C(=O)NC2CC2c2ccccc2)cn1. The maximum absolute atomic E-state index is 12.3. The molecular weight excluding hydrogens is 264 g/mol. The van der Waals surface area contributed by atoms with Gasteiger partial charge in [-0.2, -0.15) is 0 Å². The molecule has 0 spiro atoms. The number of carbonyl (C=O) groups is 1. The molecule has 2 atom stereocenters. The second kappa shape index (κ2) is 5.54. The van der Waals surface area contributed by atoms with E-state index in [9.17, 15) is 4.79 Å². The van der Waals surface area contributed by atoms with Gasteiger partial charge in [-0.05, 0) is 25.0 Å². The highest BCUT2D eigenvalue weighted by atomic mass is 16.1. The van der Waals surface area contributed by atoms with Crippen LogP contribution in [0.4, 0.5) is 5.69 Å². The van der Waals surface area contributed by atoms with Crippen LogP contribution in [0.15, 0.2) is 42.6 Å². The Hall–Kier alpha value is -2.40. The highest BCUT2D eigenvalue weighted by Gasteiger charge is 2.39. The molecule has 0 bridgehead atoms. The van der Waals surface area contributed by atoms with E-state index in [1.165, 1.54) is 5.56 Å². The van der Waals surface area contributed by atoms with Crippen LogP contribution in [0.2, 0.25) is 0 Å². The van der Waals surface area contributed by atoms with E-state index >= 15 is 0 Å². The minimum absolute atomic E-state index is 0.140. The molecule has 1 amide bonds. The number of rotatable bonds is 4. The molecule has 1 aromatic carbocycles. The number of aromatic nitrogens is 1. The molecule has 2 aromatic rings. The number of nitrogens with zero attached hydrogens (tertiary/aromatic N) is 1. The van der Waals surface area contributed by atoms with Crippen molar-refractivity contribution in [3.8, 4) is 0 Å². The van der Waals surface area contributed by atoms with Gasteiger partial charge < -0.3 is 10.7 Å². The first-order chi connectivity index (χ1) is 10.2. The average Bonchev–Trinajstić information content (AvgIpc) is 3.27. The summed E-state index contributed by atoms with van der Waals surface area (Å²) < 4.78 is 0. The van der Waals surface area contributed by atoms with E-state index in [1.54, 1.807) is 12.3 Å². The van der Waals surface area contributed by atoms with Gasteiger partial charge in [0, 0.05) is 23.9 Å². The summed E-state index contributed by atoms with van der Waals surface area (Å²) >= 11 is 0. The Morgan fingerprint density at radius 3 is 2.81 bits per heavy atom. The highest BCUT2D eigenvalue weighted by Crippen LogP contribution is 2.40. The Balaban J connectivity index is 1.68. The zero-order chi connectivity index (χ0) is 14.8. The van der Waals surface area contributed by atoms with Crippen molar-refractivity contribution in [1.29, 1.82) is 0 Å². The Kier molecular flexibility index (Phi) is 3.58. The maximum atomic E-state index is 12.3. The molecule has 1 fully saturated rings. The number of hydrogen-bond donors (Lipinski definition) is 3. The van der Waals surface area contributed by atoms with Crippen molar-refractivity contribution < 1.29 is 4.79 Å². The van der Waals surface area contributed by atoms with Gasteiger partial charge in [-0.3, -0.25) is 15.6 Å². The van der Waals surface area contributed by atoms with E-state index < -0.39 is 0 Å². The average molecular weight is 282 g/mol. The monoisotopic (exact) mass is 282 g/mol. The van der Waals surface area contributed by atoms with Gasteiger partial charge >= 0.3 is 0 Å². The van der Waals surface area contributed by atoms with Crippen LogP contribution in [-0.2, 0) is 0 Å². The molecule has 3 rings (SSSR count). The number of aryl methyl sites for hydroxylation is 1. The number of benzene rings is 1. The molecule has 5 heteroatoms. The second-order valence-corrected chi connectivity index (χ2v) is 5.35. The van der Waals surface area contributed by atoms with E-state index in [2.05, 4.69) is 27.9 Å². The van der Waals surface area contributed by atoms with Crippen molar-refractivity contribution in [2.75, 3.05) is 5.43 Å². The lowest BCUT2D eigenvalue weighted by atomic mass is 10.1. The van der Waals surface area contributed by atoms with Gasteiger partial charge in [0.15, 0.2) is 0 Å². The summed E-state index contributed by atoms with van der Waals surface area (Å²) in [7, 11) is 0. The number of nitrogens with two attached hydrogens (primary N) is 1. The smallest absolute Gasteiger partial charge is 0.255 e. The molecule has 0 aliphatic heterocycles. The van der Waals surface area contributed by atoms with Gasteiger partial charge in [-0.1, -0.05) is 30.3 Å². The lowest BCUT2D eigenvalue weighted by molar-refractivity contribution is 0.0950. The highest BCUT2D eigenvalue weighted by molar-refractivity contribution is 5.99. The van der Waals surface area contributed by atoms with Crippen molar-refractivity contribution in [2.45, 2.75) is 25.3 Å². The molecule has 4 N–H and O–H groups in total. The number of nitrogens with one attached hydrogen (secondary N) is 2. The summed E-state index contributed by atoms with van der Waals surface area (Å²) in [5.41, 5.74) is 5.70. The predicted octanol–water partition coefficient (Wildman–Crippen LogP) is 1.96. The summed E-state index contributed by atoms with van der Waals surface area (Å²) in [5, 5.41) is 3.04. The van der Waals surface area contributed by atoms with Gasteiger partial charge in [0.05, 0.1) is 11.3 Å². The number of anilines is 1. The number of carbonyl (C=O) groups excluding carboxylic acids is 1. The molecule has 21 heavy (non-hydrogen) atoms. The zero-order valence-corrected chi connectivity index (χ0v) is 11.8. The molecule has 108 valence electrons. The van der Waals surface area contributed by atoms with Gasteiger partial charge in [0.1, 0.15) is 0 Å². The van der Waals surface area contributed by atoms with Crippen molar-refractivity contribution >= 4 is 11.6 Å². The number of nitrogen functional groups attached to an aromatic ring is 1. The van der Waals surface area contributed by atoms with E-state index in [-0.39, 0.29) is 11.9 Å². The Labute approximate surface area is 123 Å². The number of hydrogen-bond acceptors (Lipinski definition) is 4. The predicted molar refractivity (Wildman–Crippen MR) is 81.8 cm³/mol. The van der Waals surface area contributed by atoms with Crippen LogP contribution in [0.5, 0.6) is 0 Å². The van der Waals surface area contributed by atoms with Crippen LogP contribution in [0.25, 0.3) is 0 Å². The summed E-state index contributed by atoms with van der Waals surface area (Å²) in [6.45, 7) is 1.86. The third-order valence-electron chi connectivity index (χ3n) is 3.78. The first-order valence-electron chi connectivity index (χ1n) is 6.98. The summed E-state index contributed by atoms with van der Waals surface area (Å²) in [6, 6.07) is 12.2. The van der Waals surface area contributed by atoms with Crippen LogP contribution in [0, 0.1) is 6.92 Å². The first kappa shape index (κ1) is 13.6. The number of hydrazine groups is 1. The standard InChI is InChI=1S/C16H18N4O/c1-10-7-15(20-17)13(9-18-10)16(21)19-14-8-12(14)11-5-3-2-4-6-11/h2-7,9,12,14H,8,17H2,1H3,(H,18,20)(H,19,21). The van der Waals surface area contributed by atoms with E-state index in [1.807, 2.05) is 25.1 Å². The van der Waals surface area contributed by atoms with Crippen LogP contribution >= 0.6 is 0 Å². The minimum atomic E-state index is -0.140. The first-order valence-corrected chi connectivity index (χ1v) is 6.98. The van der Waals surface area contributed by atoms with Gasteiger partial charge in [-0.25, -0.2) is 0 Å². The quantitative estimate of drug-likeness (QED) is 0.591. The van der Waals surface area contributed by atoms with Crippen LogP contribution in [-0.4, -0.2) is 16.9 Å². The molecule has 1 saturated carbocycles. The summed E-state index contributed by atoms with van der Waals surface area (Å²) in [6.07, 6.45) is 2.53. The van der Waals surface area contributed by atoms with E-state index in [0.717, 1.165) is 12.1 Å². The van der Waals surface area contributed by atoms with E-state index in [4.69, 9.17) is 5.84 Å². The number of pyridine rings is 1. The second-order valence-electron chi connectivity index (χ2n) is 5.35. The maximum Gasteiger partial charge on any atom is 0.255 e. The van der Waals surface area contributed by atoms with Gasteiger partial charge in [0.25, 0.3) is 5.91 Å². The minimum Gasteiger partial charge on any atom is -0.349 e. The zero-order valence-electron chi connectivity index (χ0n) is 11.8. The molecule has 1 aromatic heterocycles. The van der Waals surface area contributed by atoms with Gasteiger partial charge in [-0.15, -0.1) is 0 Å². The Morgan fingerprint density at radius 1 is 1.33 bits per heavy atom. The molecule has 0 radical (unpaired) electrons. The molecule has 2 unspecified atom stereocenters. The van der Waals surface area contributed by atoms with Crippen LogP contribution in [0.1, 0.15) is 34.0 Å². The van der Waals surface area contributed by atoms with Crippen LogP contribution in [0.3, 0.4) is 0 Å². The third-order valence-corrected chi connectivity index (χ3v) is 3.78. The van der Waals surface area contributed by atoms with Gasteiger partial charge in [0.2, 0.25) is 0 Å². The lowest BCUT2D eigenvalue weighted by Gasteiger charge is -2.10. The van der Waals surface area contributed by atoms with Crippen molar-refractivity contribution in [2.24, 2.45) is 5.84 Å². The largest absolute Gasteiger partial charge is 0.349 e. The molecule has 1 aliphatic rings. The van der Waals surface area contributed by atoms with Crippen molar-refractivity contribution in [1.82, 2.24) is 10.3 Å². The van der Waals surface area contributed by atoms with E-state index in [0.29, 0.717) is 17.2 Å². The van der Waals surface area contributed by atoms with Crippen molar-refractivity contribution in [3.63, 3.8) is 0 Å². The van der Waals surface area contributed by atoms with Crippen molar-refractivity contribution in [3.05, 3.63) is 59.4 Å². The number of amides is 1. The molecule has 1 heterocycles. The summed E-state index contributed by atoms with van der Waals surface area (Å²) in [4.78, 5) is 16.5. The molecular formula is C16H18N4O. The molecule has 0 saturated heterocycles. The Morgan fingerprint density at radius 2 is 2.10 bits per heavy atom. The molecule has 5 nitrogen and oxygen atoms in total.